The largest absolute Gasteiger partial charge is 0.314 e. The third-order valence-corrected chi connectivity index (χ3v) is 2.39. The zero-order chi connectivity index (χ0) is 7.73. The molecule has 0 aromatic carbocycles. The van der Waals surface area contributed by atoms with Gasteiger partial charge < -0.3 is 9.88 Å². The zero-order valence-corrected chi connectivity index (χ0v) is 6.62. The molecule has 4 nitrogen and oxygen atoms in total. The minimum Gasteiger partial charge on any atom is -0.314 e. The molecular weight excluding hydrogens is 140 g/mol. The first-order valence-corrected chi connectivity index (χ1v) is 3.87. The van der Waals surface area contributed by atoms with Gasteiger partial charge in [-0.1, -0.05) is 0 Å². The van der Waals surface area contributed by atoms with Crippen LogP contribution in [0.25, 0.3) is 0 Å². The van der Waals surface area contributed by atoms with Crippen molar-refractivity contribution >= 4 is 0 Å². The van der Waals surface area contributed by atoms with Gasteiger partial charge in [0.05, 0.1) is 5.54 Å². The Morgan fingerprint density at radius 3 is 2.73 bits per heavy atom. The van der Waals surface area contributed by atoms with Gasteiger partial charge in [0.1, 0.15) is 12.7 Å². The highest BCUT2D eigenvalue weighted by Crippen LogP contribution is 2.21. The first-order chi connectivity index (χ1) is 5.31. The summed E-state index contributed by atoms with van der Waals surface area (Å²) < 4.78 is 2.08. The van der Waals surface area contributed by atoms with Crippen molar-refractivity contribution in [2.45, 2.75) is 18.9 Å². The van der Waals surface area contributed by atoms with Gasteiger partial charge in [-0.25, -0.2) is 0 Å². The van der Waals surface area contributed by atoms with Crippen LogP contribution in [0.2, 0.25) is 0 Å². The van der Waals surface area contributed by atoms with Crippen LogP contribution >= 0.6 is 0 Å². The molecule has 1 aliphatic rings. The van der Waals surface area contributed by atoms with Crippen molar-refractivity contribution in [3.05, 3.63) is 12.7 Å². The molecule has 1 aliphatic heterocycles. The van der Waals surface area contributed by atoms with Crippen molar-refractivity contribution in [3.8, 4) is 0 Å². The molecule has 2 rings (SSSR count). The summed E-state index contributed by atoms with van der Waals surface area (Å²) in [6.07, 6.45) is 4.73. The van der Waals surface area contributed by atoms with E-state index in [4.69, 9.17) is 0 Å². The molecule has 1 aromatic rings. The molecule has 0 bridgehead atoms. The second-order valence-electron chi connectivity index (χ2n) is 3.29. The molecule has 0 saturated carbocycles. The Morgan fingerprint density at radius 2 is 2.18 bits per heavy atom. The van der Waals surface area contributed by atoms with Crippen molar-refractivity contribution in [2.24, 2.45) is 0 Å². The number of hydrogen-bond acceptors (Lipinski definition) is 3. The van der Waals surface area contributed by atoms with Gasteiger partial charge >= 0.3 is 0 Å². The summed E-state index contributed by atoms with van der Waals surface area (Å²) in [7, 11) is 0. The predicted molar refractivity (Wildman–Crippen MR) is 41.2 cm³/mol. The SMILES string of the molecule is CC1(n2cnnc2)CCNC1. The Kier molecular flexibility index (Phi) is 1.42. The van der Waals surface area contributed by atoms with Gasteiger partial charge in [-0.15, -0.1) is 10.2 Å². The van der Waals surface area contributed by atoms with E-state index in [2.05, 4.69) is 27.0 Å². The third-order valence-electron chi connectivity index (χ3n) is 2.39. The highest BCUT2D eigenvalue weighted by molar-refractivity contribution is 4.91. The molecule has 0 aliphatic carbocycles. The van der Waals surface area contributed by atoms with Crippen molar-refractivity contribution < 1.29 is 0 Å². The minimum absolute atomic E-state index is 0.198. The van der Waals surface area contributed by atoms with Gasteiger partial charge in [-0.3, -0.25) is 0 Å². The van der Waals surface area contributed by atoms with Gasteiger partial charge in [0, 0.05) is 6.54 Å². The molecule has 1 fully saturated rings. The van der Waals surface area contributed by atoms with Gasteiger partial charge in [0.15, 0.2) is 0 Å². The van der Waals surface area contributed by atoms with Gasteiger partial charge in [0.2, 0.25) is 0 Å². The topological polar surface area (TPSA) is 42.7 Å². The van der Waals surface area contributed by atoms with Crippen LogP contribution in [0.15, 0.2) is 12.7 Å². The lowest BCUT2D eigenvalue weighted by Gasteiger charge is -2.23. The Labute approximate surface area is 65.6 Å². The molecule has 1 unspecified atom stereocenters. The Bertz CT molecular complexity index is 223. The van der Waals surface area contributed by atoms with E-state index in [1.54, 1.807) is 12.7 Å². The number of nitrogens with one attached hydrogen (secondary N) is 1. The molecule has 1 saturated heterocycles. The highest BCUT2D eigenvalue weighted by Gasteiger charge is 2.29. The standard InChI is InChI=1S/C7H12N4/c1-7(2-3-8-4-7)11-5-9-10-6-11/h5-6,8H,2-4H2,1H3. The second-order valence-corrected chi connectivity index (χ2v) is 3.29. The van der Waals surface area contributed by atoms with Crippen LogP contribution in [0.5, 0.6) is 0 Å². The average Bonchev–Trinajstić information content (AvgIpc) is 2.55. The van der Waals surface area contributed by atoms with Gasteiger partial charge in [-0.2, -0.15) is 0 Å². The summed E-state index contributed by atoms with van der Waals surface area (Å²) in [5, 5.41) is 10.9. The van der Waals surface area contributed by atoms with Crippen LogP contribution in [-0.4, -0.2) is 27.9 Å². The first kappa shape index (κ1) is 6.79. The maximum atomic E-state index is 3.80. The van der Waals surface area contributed by atoms with Crippen molar-refractivity contribution in [1.82, 2.24) is 20.1 Å². The second kappa shape index (κ2) is 2.30. The number of hydrogen-bond donors (Lipinski definition) is 1. The van der Waals surface area contributed by atoms with E-state index in [1.165, 1.54) is 0 Å². The Hall–Kier alpha value is -0.900. The fourth-order valence-corrected chi connectivity index (χ4v) is 1.50. The molecule has 1 atom stereocenters. The van der Waals surface area contributed by atoms with Gasteiger partial charge in [0.25, 0.3) is 0 Å². The van der Waals surface area contributed by atoms with Crippen LogP contribution in [-0.2, 0) is 5.54 Å². The van der Waals surface area contributed by atoms with Crippen LogP contribution < -0.4 is 5.32 Å². The lowest BCUT2D eigenvalue weighted by molar-refractivity contribution is 0.353. The predicted octanol–water partition coefficient (Wildman–Crippen LogP) is -0.0134. The fourth-order valence-electron chi connectivity index (χ4n) is 1.50. The first-order valence-electron chi connectivity index (χ1n) is 3.87. The molecule has 4 heteroatoms. The summed E-state index contributed by atoms with van der Waals surface area (Å²) in [6.45, 7) is 4.33. The lowest BCUT2D eigenvalue weighted by atomic mass is 10.0. The maximum absolute atomic E-state index is 3.80. The summed E-state index contributed by atoms with van der Waals surface area (Å²) in [5.74, 6) is 0. The monoisotopic (exact) mass is 152 g/mol. The zero-order valence-electron chi connectivity index (χ0n) is 6.62. The molecule has 11 heavy (non-hydrogen) atoms. The number of nitrogens with zero attached hydrogens (tertiary/aromatic N) is 3. The summed E-state index contributed by atoms with van der Waals surface area (Å²) >= 11 is 0. The number of aromatic nitrogens is 3. The molecule has 1 aromatic heterocycles. The Balaban J connectivity index is 2.27. The fraction of sp³-hybridized carbons (Fsp3) is 0.714. The molecular formula is C7H12N4. The Morgan fingerprint density at radius 1 is 1.45 bits per heavy atom. The van der Waals surface area contributed by atoms with E-state index in [-0.39, 0.29) is 5.54 Å². The summed E-state index contributed by atoms with van der Waals surface area (Å²) in [4.78, 5) is 0. The van der Waals surface area contributed by atoms with Crippen LogP contribution in [0, 0.1) is 0 Å². The van der Waals surface area contributed by atoms with Crippen LogP contribution in [0.3, 0.4) is 0 Å². The normalized spacial score (nSPS) is 31.0. The van der Waals surface area contributed by atoms with Crippen molar-refractivity contribution in [3.63, 3.8) is 0 Å². The van der Waals surface area contributed by atoms with Crippen molar-refractivity contribution in [1.29, 1.82) is 0 Å². The quantitative estimate of drug-likeness (QED) is 0.615. The van der Waals surface area contributed by atoms with Crippen LogP contribution in [0.4, 0.5) is 0 Å². The molecule has 0 amide bonds. The molecule has 0 radical (unpaired) electrons. The smallest absolute Gasteiger partial charge is 0.119 e. The lowest BCUT2D eigenvalue weighted by Crippen LogP contribution is -2.31. The third kappa shape index (κ3) is 1.03. The number of rotatable bonds is 1. The molecule has 1 N–H and O–H groups in total. The molecule has 60 valence electrons. The van der Waals surface area contributed by atoms with E-state index in [0.29, 0.717) is 0 Å². The van der Waals surface area contributed by atoms with E-state index in [9.17, 15) is 0 Å². The minimum atomic E-state index is 0.198. The summed E-state index contributed by atoms with van der Waals surface area (Å²) in [6, 6.07) is 0. The van der Waals surface area contributed by atoms with Crippen LogP contribution in [0.1, 0.15) is 13.3 Å². The summed E-state index contributed by atoms with van der Waals surface area (Å²) in [5.41, 5.74) is 0.198. The van der Waals surface area contributed by atoms with Gasteiger partial charge in [-0.05, 0) is 19.9 Å². The maximum Gasteiger partial charge on any atom is 0.119 e. The van der Waals surface area contributed by atoms with E-state index >= 15 is 0 Å². The van der Waals surface area contributed by atoms with E-state index in [0.717, 1.165) is 19.5 Å². The molecule has 2 heterocycles. The van der Waals surface area contributed by atoms with E-state index < -0.39 is 0 Å². The average molecular weight is 152 g/mol. The van der Waals surface area contributed by atoms with E-state index in [1.807, 2.05) is 0 Å². The molecule has 0 spiro atoms. The van der Waals surface area contributed by atoms with Crippen molar-refractivity contribution in [2.75, 3.05) is 13.1 Å². The highest BCUT2D eigenvalue weighted by atomic mass is 15.3.